The van der Waals surface area contributed by atoms with Crippen molar-refractivity contribution >= 4 is 28.2 Å². The number of ketones is 1. The number of rotatable bonds is 6. The Hall–Kier alpha value is -3.62. The minimum atomic E-state index is -0.681. The zero-order chi connectivity index (χ0) is 22.0. The summed E-state index contributed by atoms with van der Waals surface area (Å²) in [5, 5.41) is 3.06. The number of benzene rings is 1. The van der Waals surface area contributed by atoms with Crippen LogP contribution >= 0.6 is 11.3 Å². The smallest absolute Gasteiger partial charge is 0.257 e. The molecule has 0 aliphatic rings. The van der Waals surface area contributed by atoms with Crippen LogP contribution < -0.4 is 11.1 Å². The van der Waals surface area contributed by atoms with Crippen LogP contribution in [0.25, 0.3) is 11.5 Å². The third-order valence-corrected chi connectivity index (χ3v) is 5.50. The van der Waals surface area contributed by atoms with Crippen molar-refractivity contribution in [3.8, 4) is 11.5 Å². The summed E-state index contributed by atoms with van der Waals surface area (Å²) in [6.07, 6.45) is 3.05. The standard InChI is InChI=1S/C23H20N4O3S/c1-23(2,24)17-13-15(10-11-25-17)21(29)27-22-26-18(16-9-6-12-30-16)20(31-22)19(28)14-7-4-3-5-8-14/h3-13H,24H2,1-2H3,(H,26,27,29). The van der Waals surface area contributed by atoms with E-state index in [1.807, 2.05) is 19.9 Å². The van der Waals surface area contributed by atoms with Gasteiger partial charge in [-0.1, -0.05) is 41.7 Å². The fourth-order valence-electron chi connectivity index (χ4n) is 2.92. The van der Waals surface area contributed by atoms with E-state index in [1.54, 1.807) is 54.7 Å². The number of aromatic nitrogens is 2. The maximum Gasteiger partial charge on any atom is 0.257 e. The van der Waals surface area contributed by atoms with Crippen molar-refractivity contribution < 1.29 is 14.0 Å². The fourth-order valence-corrected chi connectivity index (χ4v) is 3.85. The van der Waals surface area contributed by atoms with E-state index in [0.29, 0.717) is 38.3 Å². The van der Waals surface area contributed by atoms with Gasteiger partial charge in [0.15, 0.2) is 10.9 Å². The van der Waals surface area contributed by atoms with Crippen molar-refractivity contribution in [1.29, 1.82) is 0 Å². The van der Waals surface area contributed by atoms with Gasteiger partial charge in [0, 0.05) is 17.3 Å². The number of pyridine rings is 1. The minimum Gasteiger partial charge on any atom is -0.463 e. The van der Waals surface area contributed by atoms with Crippen molar-refractivity contribution in [2.24, 2.45) is 5.73 Å². The van der Waals surface area contributed by atoms with Crippen LogP contribution in [0.15, 0.2) is 71.5 Å². The Kier molecular flexibility index (Phi) is 5.50. The van der Waals surface area contributed by atoms with Crippen LogP contribution in [0.1, 0.15) is 45.1 Å². The monoisotopic (exact) mass is 432 g/mol. The molecule has 0 fully saturated rings. The van der Waals surface area contributed by atoms with Crippen molar-refractivity contribution in [2.75, 3.05) is 5.32 Å². The summed E-state index contributed by atoms with van der Waals surface area (Å²) < 4.78 is 5.46. The Morgan fingerprint density at radius 2 is 1.84 bits per heavy atom. The van der Waals surface area contributed by atoms with Crippen LogP contribution in [0.4, 0.5) is 5.13 Å². The zero-order valence-corrected chi connectivity index (χ0v) is 17.8. The number of hydrogen-bond acceptors (Lipinski definition) is 7. The number of nitrogens with one attached hydrogen (secondary N) is 1. The number of furan rings is 1. The number of amides is 1. The molecule has 7 nitrogen and oxygen atoms in total. The fraction of sp³-hybridized carbons (Fsp3) is 0.130. The first-order valence-electron chi connectivity index (χ1n) is 9.54. The maximum absolute atomic E-state index is 13.1. The van der Waals surface area contributed by atoms with Gasteiger partial charge in [-0.3, -0.25) is 19.9 Å². The number of nitrogens with two attached hydrogens (primary N) is 1. The molecule has 0 unspecified atom stereocenters. The molecule has 3 heterocycles. The van der Waals surface area contributed by atoms with Gasteiger partial charge in [0.2, 0.25) is 5.78 Å². The lowest BCUT2D eigenvalue weighted by Crippen LogP contribution is -2.30. The highest BCUT2D eigenvalue weighted by Crippen LogP contribution is 2.33. The Bertz CT molecular complexity index is 1230. The molecule has 0 bridgehead atoms. The molecule has 31 heavy (non-hydrogen) atoms. The van der Waals surface area contributed by atoms with Gasteiger partial charge in [0.1, 0.15) is 10.6 Å². The third-order valence-electron chi connectivity index (χ3n) is 4.53. The van der Waals surface area contributed by atoms with Gasteiger partial charge in [0.05, 0.1) is 17.5 Å². The Labute approximate surface area is 183 Å². The van der Waals surface area contributed by atoms with Crippen LogP contribution in [0.5, 0.6) is 0 Å². The Morgan fingerprint density at radius 3 is 2.52 bits per heavy atom. The van der Waals surface area contributed by atoms with Crippen LogP contribution in [-0.2, 0) is 5.54 Å². The summed E-state index contributed by atoms with van der Waals surface area (Å²) in [6.45, 7) is 3.63. The van der Waals surface area contributed by atoms with Crippen molar-refractivity contribution in [1.82, 2.24) is 9.97 Å². The van der Waals surface area contributed by atoms with E-state index in [2.05, 4.69) is 15.3 Å². The normalized spacial score (nSPS) is 11.3. The number of carbonyl (C=O) groups is 2. The third kappa shape index (κ3) is 4.45. The Balaban J connectivity index is 1.67. The van der Waals surface area contributed by atoms with Crippen LogP contribution in [0.2, 0.25) is 0 Å². The second kappa shape index (κ2) is 8.25. The summed E-state index contributed by atoms with van der Waals surface area (Å²) in [6, 6.07) is 15.6. The van der Waals surface area contributed by atoms with Gasteiger partial charge >= 0.3 is 0 Å². The molecule has 156 valence electrons. The first-order chi connectivity index (χ1) is 14.8. The second-order valence-corrected chi connectivity index (χ2v) is 8.47. The van der Waals surface area contributed by atoms with Gasteiger partial charge < -0.3 is 10.2 Å². The number of thiazole rings is 1. The molecule has 0 spiro atoms. The van der Waals surface area contributed by atoms with E-state index in [0.717, 1.165) is 11.3 Å². The summed E-state index contributed by atoms with van der Waals surface area (Å²) in [7, 11) is 0. The summed E-state index contributed by atoms with van der Waals surface area (Å²) in [5.74, 6) is -0.112. The molecular weight excluding hydrogens is 412 g/mol. The van der Waals surface area contributed by atoms with Crippen LogP contribution in [-0.4, -0.2) is 21.7 Å². The minimum absolute atomic E-state index is 0.193. The molecule has 0 aliphatic carbocycles. The molecular formula is C23H20N4O3S. The average Bonchev–Trinajstić information content (AvgIpc) is 3.43. The van der Waals surface area contributed by atoms with Gasteiger partial charge in [-0.2, -0.15) is 0 Å². The lowest BCUT2D eigenvalue weighted by molar-refractivity contribution is 0.102. The predicted molar refractivity (Wildman–Crippen MR) is 119 cm³/mol. The predicted octanol–water partition coefficient (Wildman–Crippen LogP) is 4.48. The molecule has 0 saturated heterocycles. The topological polar surface area (TPSA) is 111 Å². The average molecular weight is 433 g/mol. The van der Waals surface area contributed by atoms with Crippen molar-refractivity contribution in [3.05, 3.63) is 88.8 Å². The lowest BCUT2D eigenvalue weighted by atomic mass is 10.00. The number of carbonyl (C=O) groups excluding carboxylic acids is 2. The molecule has 0 radical (unpaired) electrons. The zero-order valence-electron chi connectivity index (χ0n) is 17.0. The molecule has 4 rings (SSSR count). The molecule has 0 aliphatic heterocycles. The van der Waals surface area contributed by atoms with E-state index in [-0.39, 0.29) is 11.7 Å². The second-order valence-electron chi connectivity index (χ2n) is 7.47. The Morgan fingerprint density at radius 1 is 1.06 bits per heavy atom. The molecule has 3 aromatic heterocycles. The van der Waals surface area contributed by atoms with Gasteiger partial charge in [-0.15, -0.1) is 0 Å². The highest BCUT2D eigenvalue weighted by atomic mass is 32.1. The SMILES string of the molecule is CC(C)(N)c1cc(C(=O)Nc2nc(-c3ccco3)c(C(=O)c3ccccc3)s2)ccn1. The molecule has 4 aromatic rings. The van der Waals surface area contributed by atoms with Gasteiger partial charge in [-0.25, -0.2) is 4.98 Å². The van der Waals surface area contributed by atoms with Crippen molar-refractivity contribution in [2.45, 2.75) is 19.4 Å². The number of anilines is 1. The highest BCUT2D eigenvalue weighted by Gasteiger charge is 2.24. The summed E-state index contributed by atoms with van der Waals surface area (Å²) in [4.78, 5) is 35.0. The molecule has 8 heteroatoms. The highest BCUT2D eigenvalue weighted by molar-refractivity contribution is 7.18. The molecule has 1 aromatic carbocycles. The van der Waals surface area contributed by atoms with Crippen LogP contribution in [0.3, 0.4) is 0 Å². The largest absolute Gasteiger partial charge is 0.463 e. The van der Waals surface area contributed by atoms with Gasteiger partial charge in [-0.05, 0) is 38.1 Å². The van der Waals surface area contributed by atoms with Crippen LogP contribution in [0, 0.1) is 0 Å². The lowest BCUT2D eigenvalue weighted by Gasteiger charge is -2.18. The first kappa shape index (κ1) is 20.6. The van der Waals surface area contributed by atoms with E-state index < -0.39 is 5.54 Å². The number of hydrogen-bond donors (Lipinski definition) is 2. The molecule has 0 saturated carbocycles. The van der Waals surface area contributed by atoms with E-state index in [9.17, 15) is 9.59 Å². The van der Waals surface area contributed by atoms with E-state index >= 15 is 0 Å². The quantitative estimate of drug-likeness (QED) is 0.435. The molecule has 3 N–H and O–H groups in total. The van der Waals surface area contributed by atoms with Crippen molar-refractivity contribution in [3.63, 3.8) is 0 Å². The summed E-state index contributed by atoms with van der Waals surface area (Å²) >= 11 is 1.10. The van der Waals surface area contributed by atoms with E-state index in [1.165, 1.54) is 6.26 Å². The molecule has 1 amide bonds. The summed E-state index contributed by atoms with van der Waals surface area (Å²) in [5.41, 5.74) is 7.32. The number of nitrogens with zero attached hydrogens (tertiary/aromatic N) is 2. The molecule has 0 atom stereocenters. The van der Waals surface area contributed by atoms with Gasteiger partial charge in [0.25, 0.3) is 5.91 Å². The maximum atomic E-state index is 13.1. The first-order valence-corrected chi connectivity index (χ1v) is 10.4. The van der Waals surface area contributed by atoms with E-state index in [4.69, 9.17) is 10.2 Å².